The largest absolute Gasteiger partial charge is 0.383 e. The minimum atomic E-state index is -0.574. The van der Waals surface area contributed by atoms with Crippen LogP contribution >= 0.6 is 0 Å². The highest BCUT2D eigenvalue weighted by atomic mass is 16.2. The Morgan fingerprint density at radius 1 is 1.07 bits per heavy atom. The van der Waals surface area contributed by atoms with Crippen LogP contribution in [-0.2, 0) is 22.7 Å². The number of carbonyl (C=O) groups excluding carboxylic acids is 3. The predicted octanol–water partition coefficient (Wildman–Crippen LogP) is 2.27. The van der Waals surface area contributed by atoms with Gasteiger partial charge >= 0.3 is 0 Å². The van der Waals surface area contributed by atoms with Crippen molar-refractivity contribution in [2.45, 2.75) is 38.4 Å². The Kier molecular flexibility index (Phi) is 4.65. The number of hydrogen-bond acceptors (Lipinski definition) is 5. The topological polar surface area (TPSA) is 81.8 Å². The van der Waals surface area contributed by atoms with Crippen molar-refractivity contribution in [2.24, 2.45) is 0 Å². The SMILES string of the molecule is O=C1CCC(N2Cc3ccc(CN4CCCNc5ccccc54)cc3C2=O)C(=O)N1. The summed E-state index contributed by atoms with van der Waals surface area (Å²) >= 11 is 0. The summed E-state index contributed by atoms with van der Waals surface area (Å²) in [6.45, 7) is 3.02. The standard InChI is InChI=1S/C23H24N4O3/c28-21-9-8-20(22(29)25-21)27-14-16-7-6-15(12-17(16)23(27)30)13-26-11-3-10-24-18-4-1-2-5-19(18)26/h1-2,4-7,12,20,24H,3,8-11,13-14H2,(H,25,28,29). The fraction of sp³-hybridized carbons (Fsp3) is 0.348. The van der Waals surface area contributed by atoms with Crippen molar-refractivity contribution in [3.05, 3.63) is 59.2 Å². The van der Waals surface area contributed by atoms with Crippen molar-refractivity contribution >= 4 is 29.1 Å². The lowest BCUT2D eigenvalue weighted by Crippen LogP contribution is -2.52. The molecule has 5 rings (SSSR count). The van der Waals surface area contributed by atoms with Gasteiger partial charge in [-0.25, -0.2) is 0 Å². The molecule has 0 aliphatic carbocycles. The number of carbonyl (C=O) groups is 3. The lowest BCUT2D eigenvalue weighted by Gasteiger charge is -2.29. The first-order valence-corrected chi connectivity index (χ1v) is 10.4. The average Bonchev–Trinajstić information content (AvgIpc) is 2.93. The van der Waals surface area contributed by atoms with Crippen LogP contribution in [0.4, 0.5) is 11.4 Å². The van der Waals surface area contributed by atoms with Crippen LogP contribution in [0.15, 0.2) is 42.5 Å². The van der Waals surface area contributed by atoms with Crippen molar-refractivity contribution in [3.8, 4) is 0 Å². The molecule has 3 amide bonds. The van der Waals surface area contributed by atoms with Gasteiger partial charge in [-0.2, -0.15) is 0 Å². The molecule has 1 saturated heterocycles. The van der Waals surface area contributed by atoms with Crippen molar-refractivity contribution in [1.82, 2.24) is 10.2 Å². The molecule has 7 heteroatoms. The lowest BCUT2D eigenvalue weighted by atomic mass is 10.0. The van der Waals surface area contributed by atoms with Gasteiger partial charge in [-0.05, 0) is 42.2 Å². The van der Waals surface area contributed by atoms with E-state index in [1.807, 2.05) is 24.3 Å². The molecule has 2 aromatic rings. The number of rotatable bonds is 3. The number of hydrogen-bond donors (Lipinski definition) is 2. The van der Waals surface area contributed by atoms with Crippen LogP contribution in [0.5, 0.6) is 0 Å². The predicted molar refractivity (Wildman–Crippen MR) is 113 cm³/mol. The fourth-order valence-electron chi connectivity index (χ4n) is 4.60. The number of imide groups is 1. The number of amides is 3. The molecule has 1 unspecified atom stereocenters. The molecule has 3 aliphatic heterocycles. The van der Waals surface area contributed by atoms with Gasteiger partial charge in [0.2, 0.25) is 11.8 Å². The molecule has 0 spiro atoms. The minimum Gasteiger partial charge on any atom is -0.383 e. The molecule has 154 valence electrons. The Morgan fingerprint density at radius 3 is 2.80 bits per heavy atom. The third-order valence-electron chi connectivity index (χ3n) is 6.13. The molecule has 3 aliphatic rings. The number of para-hydroxylation sites is 2. The Hall–Kier alpha value is -3.35. The van der Waals surface area contributed by atoms with Crippen LogP contribution in [0.25, 0.3) is 0 Å². The average molecular weight is 404 g/mol. The monoisotopic (exact) mass is 404 g/mol. The molecule has 0 radical (unpaired) electrons. The van der Waals surface area contributed by atoms with Crippen LogP contribution in [0.1, 0.15) is 40.7 Å². The Labute approximate surface area is 175 Å². The van der Waals surface area contributed by atoms with Crippen LogP contribution in [-0.4, -0.2) is 41.8 Å². The van der Waals surface area contributed by atoms with Gasteiger partial charge in [0.1, 0.15) is 6.04 Å². The Balaban J connectivity index is 1.37. The van der Waals surface area contributed by atoms with Gasteiger partial charge in [0.05, 0.1) is 11.4 Å². The van der Waals surface area contributed by atoms with Gasteiger partial charge in [-0.15, -0.1) is 0 Å². The molecule has 2 N–H and O–H groups in total. The maximum atomic E-state index is 13.1. The van der Waals surface area contributed by atoms with E-state index in [1.165, 1.54) is 5.69 Å². The molecule has 0 bridgehead atoms. The van der Waals surface area contributed by atoms with E-state index in [4.69, 9.17) is 0 Å². The third-order valence-corrected chi connectivity index (χ3v) is 6.13. The van der Waals surface area contributed by atoms with E-state index in [-0.39, 0.29) is 24.1 Å². The zero-order valence-corrected chi connectivity index (χ0v) is 16.7. The van der Waals surface area contributed by atoms with Crippen LogP contribution in [0.3, 0.4) is 0 Å². The van der Waals surface area contributed by atoms with Crippen LogP contribution < -0.4 is 15.5 Å². The van der Waals surface area contributed by atoms with Gasteiger partial charge in [0.15, 0.2) is 0 Å². The second-order valence-electron chi connectivity index (χ2n) is 8.11. The number of nitrogens with zero attached hydrogens (tertiary/aromatic N) is 2. The van der Waals surface area contributed by atoms with E-state index in [2.05, 4.69) is 33.7 Å². The van der Waals surface area contributed by atoms with Crippen LogP contribution in [0, 0.1) is 0 Å². The first-order valence-electron chi connectivity index (χ1n) is 10.4. The molecule has 1 fully saturated rings. The fourth-order valence-corrected chi connectivity index (χ4v) is 4.60. The lowest BCUT2D eigenvalue weighted by molar-refractivity contribution is -0.136. The van der Waals surface area contributed by atoms with Crippen molar-refractivity contribution in [3.63, 3.8) is 0 Å². The third kappa shape index (κ3) is 3.30. The summed E-state index contributed by atoms with van der Waals surface area (Å²) in [4.78, 5) is 40.7. The van der Waals surface area contributed by atoms with Gasteiger partial charge in [0, 0.05) is 38.2 Å². The summed E-state index contributed by atoms with van der Waals surface area (Å²) in [7, 11) is 0. The number of anilines is 2. The number of benzene rings is 2. The van der Waals surface area contributed by atoms with Crippen LogP contribution in [0.2, 0.25) is 0 Å². The number of fused-ring (bicyclic) bond motifs is 2. The van der Waals surface area contributed by atoms with E-state index in [1.54, 1.807) is 4.90 Å². The highest BCUT2D eigenvalue weighted by Crippen LogP contribution is 2.31. The van der Waals surface area contributed by atoms with E-state index < -0.39 is 6.04 Å². The molecule has 3 heterocycles. The second kappa shape index (κ2) is 7.48. The van der Waals surface area contributed by atoms with Gasteiger partial charge in [0.25, 0.3) is 5.91 Å². The summed E-state index contributed by atoms with van der Waals surface area (Å²) in [6.07, 6.45) is 1.70. The molecule has 2 aromatic carbocycles. The number of nitrogens with one attached hydrogen (secondary N) is 2. The van der Waals surface area contributed by atoms with Crippen molar-refractivity contribution < 1.29 is 14.4 Å². The molecule has 7 nitrogen and oxygen atoms in total. The molecule has 0 saturated carbocycles. The summed E-state index contributed by atoms with van der Waals surface area (Å²) in [5, 5.41) is 5.82. The van der Waals surface area contributed by atoms with E-state index in [0.29, 0.717) is 18.5 Å². The zero-order valence-electron chi connectivity index (χ0n) is 16.7. The highest BCUT2D eigenvalue weighted by molar-refractivity contribution is 6.05. The van der Waals surface area contributed by atoms with Gasteiger partial charge < -0.3 is 15.1 Å². The van der Waals surface area contributed by atoms with Crippen molar-refractivity contribution in [2.75, 3.05) is 23.3 Å². The van der Waals surface area contributed by atoms with E-state index >= 15 is 0 Å². The minimum absolute atomic E-state index is 0.126. The van der Waals surface area contributed by atoms with Gasteiger partial charge in [-0.3, -0.25) is 19.7 Å². The summed E-state index contributed by atoms with van der Waals surface area (Å²) in [6, 6.07) is 13.8. The maximum absolute atomic E-state index is 13.1. The second-order valence-corrected chi connectivity index (χ2v) is 8.11. The van der Waals surface area contributed by atoms with Gasteiger partial charge in [-0.1, -0.05) is 24.3 Å². The normalized spacial score (nSPS) is 20.9. The Bertz CT molecular complexity index is 1030. The molecular weight excluding hydrogens is 380 g/mol. The first-order chi connectivity index (χ1) is 14.6. The molecule has 30 heavy (non-hydrogen) atoms. The number of piperidine rings is 1. The smallest absolute Gasteiger partial charge is 0.255 e. The molecule has 0 aromatic heterocycles. The highest BCUT2D eigenvalue weighted by Gasteiger charge is 2.39. The molecule has 1 atom stereocenters. The van der Waals surface area contributed by atoms with E-state index in [9.17, 15) is 14.4 Å². The maximum Gasteiger partial charge on any atom is 0.255 e. The summed E-state index contributed by atoms with van der Waals surface area (Å²) in [5.74, 6) is -0.768. The quantitative estimate of drug-likeness (QED) is 0.767. The first kappa shape index (κ1) is 18.7. The summed E-state index contributed by atoms with van der Waals surface area (Å²) in [5.41, 5.74) is 4.98. The zero-order chi connectivity index (χ0) is 20.7. The molecular formula is C23H24N4O3. The van der Waals surface area contributed by atoms with Crippen molar-refractivity contribution in [1.29, 1.82) is 0 Å². The summed E-state index contributed by atoms with van der Waals surface area (Å²) < 4.78 is 0. The Morgan fingerprint density at radius 2 is 1.93 bits per heavy atom. The van der Waals surface area contributed by atoms with E-state index in [0.717, 1.165) is 42.9 Å².